The molecule has 2 aromatic heterocycles. The highest BCUT2D eigenvalue weighted by atomic mass is 32.1. The maximum absolute atomic E-state index is 12.3. The predicted octanol–water partition coefficient (Wildman–Crippen LogP) is 2.03. The number of nitrogens with zero attached hydrogens (tertiary/aromatic N) is 6. The second kappa shape index (κ2) is 6.46. The van der Waals surface area contributed by atoms with Gasteiger partial charge in [-0.2, -0.15) is 9.89 Å². The molecular weight excluding hydrogens is 322 g/mol. The van der Waals surface area contributed by atoms with Crippen LogP contribution < -0.4 is 10.7 Å². The molecule has 3 atom stereocenters. The van der Waals surface area contributed by atoms with E-state index in [0.29, 0.717) is 29.6 Å². The van der Waals surface area contributed by atoms with Gasteiger partial charge in [0.1, 0.15) is 12.3 Å². The minimum absolute atomic E-state index is 0.0714. The molecule has 2 N–H and O–H groups in total. The van der Waals surface area contributed by atoms with Gasteiger partial charge in [0.25, 0.3) is 5.95 Å². The lowest BCUT2D eigenvalue weighted by atomic mass is 10.1. The summed E-state index contributed by atoms with van der Waals surface area (Å²) in [4.78, 5) is 31.1. The van der Waals surface area contributed by atoms with Gasteiger partial charge in [-0.1, -0.05) is 33.8 Å². The summed E-state index contributed by atoms with van der Waals surface area (Å²) in [6, 6.07) is -0.406. The van der Waals surface area contributed by atoms with Crippen LogP contribution in [0.5, 0.6) is 0 Å². The smallest absolute Gasteiger partial charge is 0.311 e. The van der Waals surface area contributed by atoms with Crippen LogP contribution in [0.15, 0.2) is 26.5 Å². The SMILES string of the molecule is CCC(N=O)[C@@H]1CC[C@H](n2c(=O)sc3cnc(N=NN)nc32)O1. The Morgan fingerprint density at radius 1 is 1.57 bits per heavy atom. The van der Waals surface area contributed by atoms with Crippen LogP contribution in [0.4, 0.5) is 5.95 Å². The maximum Gasteiger partial charge on any atom is 0.311 e. The van der Waals surface area contributed by atoms with Crippen LogP contribution in [-0.4, -0.2) is 26.7 Å². The Kier molecular flexibility index (Phi) is 4.39. The van der Waals surface area contributed by atoms with E-state index in [9.17, 15) is 9.70 Å². The molecular formula is C12H15N7O3S. The highest BCUT2D eigenvalue weighted by Crippen LogP contribution is 2.33. The van der Waals surface area contributed by atoms with E-state index in [1.165, 1.54) is 10.8 Å². The van der Waals surface area contributed by atoms with Crippen molar-refractivity contribution >= 4 is 27.6 Å². The van der Waals surface area contributed by atoms with Gasteiger partial charge in [0, 0.05) is 0 Å². The molecule has 122 valence electrons. The summed E-state index contributed by atoms with van der Waals surface area (Å²) in [6.07, 6.45) is 2.62. The van der Waals surface area contributed by atoms with Crippen molar-refractivity contribution in [3.05, 3.63) is 20.8 Å². The van der Waals surface area contributed by atoms with Crippen molar-refractivity contribution in [2.75, 3.05) is 0 Å². The summed E-state index contributed by atoms with van der Waals surface area (Å²) in [5, 5.41) is 9.82. The lowest BCUT2D eigenvalue weighted by molar-refractivity contribution is -0.00838. The highest BCUT2D eigenvalue weighted by Gasteiger charge is 2.34. The van der Waals surface area contributed by atoms with Crippen LogP contribution in [0.3, 0.4) is 0 Å². The van der Waals surface area contributed by atoms with E-state index in [-0.39, 0.29) is 16.9 Å². The van der Waals surface area contributed by atoms with Crippen LogP contribution in [-0.2, 0) is 4.74 Å². The van der Waals surface area contributed by atoms with Gasteiger partial charge < -0.3 is 10.6 Å². The number of hydrogen-bond donors (Lipinski definition) is 1. The van der Waals surface area contributed by atoms with Crippen LogP contribution in [0.1, 0.15) is 32.4 Å². The second-order valence-electron chi connectivity index (χ2n) is 5.10. The summed E-state index contributed by atoms with van der Waals surface area (Å²) >= 11 is 1.03. The Labute approximate surface area is 134 Å². The average Bonchev–Trinajstić information content (AvgIpc) is 3.12. The first kappa shape index (κ1) is 15.6. The Morgan fingerprint density at radius 2 is 2.39 bits per heavy atom. The number of fused-ring (bicyclic) bond motifs is 1. The molecule has 10 nitrogen and oxygen atoms in total. The predicted molar refractivity (Wildman–Crippen MR) is 83.4 cm³/mol. The molecule has 3 heterocycles. The second-order valence-corrected chi connectivity index (χ2v) is 6.09. The number of aromatic nitrogens is 3. The fraction of sp³-hybridized carbons (Fsp3) is 0.583. The van der Waals surface area contributed by atoms with Gasteiger partial charge in [-0.3, -0.25) is 9.36 Å². The largest absolute Gasteiger partial charge is 0.352 e. The van der Waals surface area contributed by atoms with Crippen LogP contribution in [0.2, 0.25) is 0 Å². The van der Waals surface area contributed by atoms with E-state index in [1.807, 2.05) is 6.92 Å². The number of thiazole rings is 1. The molecule has 0 aromatic carbocycles. The summed E-state index contributed by atoms with van der Waals surface area (Å²) in [5.74, 6) is 5.07. The summed E-state index contributed by atoms with van der Waals surface area (Å²) < 4.78 is 7.97. The van der Waals surface area contributed by atoms with E-state index >= 15 is 0 Å². The zero-order valence-electron chi connectivity index (χ0n) is 12.3. The molecule has 0 bridgehead atoms. The van der Waals surface area contributed by atoms with E-state index in [4.69, 9.17) is 10.6 Å². The zero-order chi connectivity index (χ0) is 16.4. The van der Waals surface area contributed by atoms with Crippen molar-refractivity contribution in [2.45, 2.75) is 44.6 Å². The lowest BCUT2D eigenvalue weighted by Crippen LogP contribution is -2.25. The Bertz CT molecular complexity index is 802. The van der Waals surface area contributed by atoms with E-state index in [1.54, 1.807) is 0 Å². The standard InChI is InChI=1S/C12H15N7O3S/c1-2-6(17-21)7-3-4-9(22-7)19-10-8(23-12(19)20)5-14-11(15-10)16-18-13/h5-7,9H,2-4H2,1H3,(H2,13,14,15,16)/t6?,7-,9+/m0/s1. The van der Waals surface area contributed by atoms with Gasteiger partial charge >= 0.3 is 4.87 Å². The van der Waals surface area contributed by atoms with Crippen LogP contribution >= 0.6 is 11.3 Å². The van der Waals surface area contributed by atoms with Crippen molar-refractivity contribution in [1.29, 1.82) is 0 Å². The van der Waals surface area contributed by atoms with E-state index < -0.39 is 12.3 Å². The lowest BCUT2D eigenvalue weighted by Gasteiger charge is -2.17. The van der Waals surface area contributed by atoms with Crippen molar-refractivity contribution in [1.82, 2.24) is 14.5 Å². The first-order valence-corrected chi connectivity index (χ1v) is 7.96. The van der Waals surface area contributed by atoms with Gasteiger partial charge in [-0.25, -0.2) is 4.98 Å². The van der Waals surface area contributed by atoms with Crippen molar-refractivity contribution in [2.24, 2.45) is 21.4 Å². The third-order valence-electron chi connectivity index (χ3n) is 3.79. The first-order valence-electron chi connectivity index (χ1n) is 7.14. The molecule has 11 heteroatoms. The molecule has 0 saturated carbocycles. The fourth-order valence-corrected chi connectivity index (χ4v) is 3.54. The molecule has 0 spiro atoms. The molecule has 2 aromatic rings. The third kappa shape index (κ3) is 2.84. The number of rotatable bonds is 5. The quantitative estimate of drug-likeness (QED) is 0.383. The maximum atomic E-state index is 12.3. The molecule has 1 aliphatic heterocycles. The molecule has 1 saturated heterocycles. The van der Waals surface area contributed by atoms with Crippen molar-refractivity contribution in [3.8, 4) is 0 Å². The topological polar surface area (TPSA) is 137 Å². The molecule has 0 radical (unpaired) electrons. The monoisotopic (exact) mass is 337 g/mol. The molecule has 1 fully saturated rings. The van der Waals surface area contributed by atoms with E-state index in [2.05, 4.69) is 25.5 Å². The molecule has 23 heavy (non-hydrogen) atoms. The van der Waals surface area contributed by atoms with Crippen LogP contribution in [0, 0.1) is 4.91 Å². The fourth-order valence-electron chi connectivity index (χ4n) is 2.70. The molecule has 0 aliphatic carbocycles. The van der Waals surface area contributed by atoms with Gasteiger partial charge in [-0.05, 0) is 19.3 Å². The number of hydrogen-bond acceptors (Lipinski definition) is 9. The van der Waals surface area contributed by atoms with Crippen molar-refractivity contribution < 1.29 is 4.74 Å². The molecule has 1 unspecified atom stereocenters. The summed E-state index contributed by atoms with van der Waals surface area (Å²) in [7, 11) is 0. The van der Waals surface area contributed by atoms with Crippen molar-refractivity contribution in [3.63, 3.8) is 0 Å². The van der Waals surface area contributed by atoms with Gasteiger partial charge in [0.15, 0.2) is 5.65 Å². The summed E-state index contributed by atoms with van der Waals surface area (Å²) in [5.41, 5.74) is 0.426. The minimum atomic E-state index is -0.477. The van der Waals surface area contributed by atoms with Crippen LogP contribution in [0.25, 0.3) is 10.3 Å². The highest BCUT2D eigenvalue weighted by molar-refractivity contribution is 7.16. The third-order valence-corrected chi connectivity index (χ3v) is 4.67. The Balaban J connectivity index is 1.96. The zero-order valence-corrected chi connectivity index (χ0v) is 13.1. The van der Waals surface area contributed by atoms with Gasteiger partial charge in [-0.15, -0.1) is 0 Å². The number of ether oxygens (including phenoxy) is 1. The van der Waals surface area contributed by atoms with Gasteiger partial charge in [0.2, 0.25) is 0 Å². The molecule has 0 amide bonds. The minimum Gasteiger partial charge on any atom is -0.352 e. The van der Waals surface area contributed by atoms with Gasteiger partial charge in [0.05, 0.1) is 17.0 Å². The summed E-state index contributed by atoms with van der Waals surface area (Å²) in [6.45, 7) is 1.88. The number of nitroso groups, excluding NO2 is 1. The average molecular weight is 337 g/mol. The van der Waals surface area contributed by atoms with E-state index in [0.717, 1.165) is 11.3 Å². The Morgan fingerprint density at radius 3 is 3.09 bits per heavy atom. The molecule has 3 rings (SSSR count). The Hall–Kier alpha value is -2.27. The normalized spacial score (nSPS) is 22.8. The number of nitrogens with two attached hydrogens (primary N) is 1. The first-order chi connectivity index (χ1) is 11.2. The molecule has 1 aliphatic rings.